The van der Waals surface area contributed by atoms with Crippen molar-refractivity contribution < 1.29 is 9.53 Å². The van der Waals surface area contributed by atoms with Gasteiger partial charge in [0.1, 0.15) is 11.9 Å². The second kappa shape index (κ2) is 4.33. The van der Waals surface area contributed by atoms with Gasteiger partial charge in [-0.05, 0) is 25.2 Å². The first kappa shape index (κ1) is 10.6. The van der Waals surface area contributed by atoms with Crippen molar-refractivity contribution in [1.29, 1.82) is 0 Å². The molecular weight excluding hydrogens is 258 g/mol. The van der Waals surface area contributed by atoms with E-state index in [0.29, 0.717) is 11.3 Å². The maximum Gasteiger partial charge on any atom is 0.153 e. The molecule has 15 heavy (non-hydrogen) atoms. The average molecular weight is 270 g/mol. The molecule has 0 bridgehead atoms. The molecule has 0 amide bonds. The van der Waals surface area contributed by atoms with Crippen molar-refractivity contribution in [2.24, 2.45) is 0 Å². The van der Waals surface area contributed by atoms with Gasteiger partial charge >= 0.3 is 0 Å². The molecule has 0 aliphatic carbocycles. The highest BCUT2D eigenvalue weighted by molar-refractivity contribution is 9.10. The van der Waals surface area contributed by atoms with Crippen LogP contribution in [-0.4, -0.2) is 37.4 Å². The van der Waals surface area contributed by atoms with Crippen molar-refractivity contribution in [2.75, 3.05) is 20.1 Å². The number of rotatable bonds is 3. The Morgan fingerprint density at radius 1 is 1.53 bits per heavy atom. The SMILES string of the molecule is CN1CC(Oc2cc(Br)ccc2C=O)C1. The second-order valence-electron chi connectivity index (χ2n) is 3.76. The molecule has 0 atom stereocenters. The molecule has 0 unspecified atom stereocenters. The lowest BCUT2D eigenvalue weighted by molar-refractivity contribution is 0.0383. The Bertz CT molecular complexity index is 375. The van der Waals surface area contributed by atoms with Crippen LogP contribution in [0.3, 0.4) is 0 Å². The molecule has 1 aliphatic rings. The van der Waals surface area contributed by atoms with Crippen LogP contribution in [0.15, 0.2) is 22.7 Å². The van der Waals surface area contributed by atoms with Crippen molar-refractivity contribution >= 4 is 22.2 Å². The fraction of sp³-hybridized carbons (Fsp3) is 0.364. The molecule has 0 saturated carbocycles. The summed E-state index contributed by atoms with van der Waals surface area (Å²) in [4.78, 5) is 13.0. The van der Waals surface area contributed by atoms with Gasteiger partial charge in [-0.2, -0.15) is 0 Å². The number of nitrogens with zero attached hydrogens (tertiary/aromatic N) is 1. The Morgan fingerprint density at radius 2 is 2.27 bits per heavy atom. The molecule has 1 aromatic rings. The minimum Gasteiger partial charge on any atom is -0.487 e. The first-order valence-corrected chi connectivity index (χ1v) is 5.58. The van der Waals surface area contributed by atoms with Crippen LogP contribution in [0.1, 0.15) is 10.4 Å². The number of hydrogen-bond acceptors (Lipinski definition) is 3. The number of benzene rings is 1. The predicted molar refractivity (Wildman–Crippen MR) is 61.4 cm³/mol. The Labute approximate surface area is 97.2 Å². The lowest BCUT2D eigenvalue weighted by Gasteiger charge is -2.36. The van der Waals surface area contributed by atoms with E-state index in [-0.39, 0.29) is 6.10 Å². The number of ether oxygens (including phenoxy) is 1. The smallest absolute Gasteiger partial charge is 0.153 e. The minimum absolute atomic E-state index is 0.211. The first-order chi connectivity index (χ1) is 7.19. The fourth-order valence-electron chi connectivity index (χ4n) is 1.60. The summed E-state index contributed by atoms with van der Waals surface area (Å²) in [6, 6.07) is 5.43. The molecule has 0 N–H and O–H groups in total. The Morgan fingerprint density at radius 3 is 2.87 bits per heavy atom. The normalized spacial score (nSPS) is 17.2. The number of carbonyl (C=O) groups is 1. The first-order valence-electron chi connectivity index (χ1n) is 4.79. The highest BCUT2D eigenvalue weighted by Gasteiger charge is 2.25. The summed E-state index contributed by atoms with van der Waals surface area (Å²) < 4.78 is 6.65. The summed E-state index contributed by atoms with van der Waals surface area (Å²) in [5, 5.41) is 0. The zero-order valence-electron chi connectivity index (χ0n) is 8.44. The molecule has 3 nitrogen and oxygen atoms in total. The quantitative estimate of drug-likeness (QED) is 0.786. The molecule has 1 heterocycles. The minimum atomic E-state index is 0.211. The number of hydrogen-bond donors (Lipinski definition) is 0. The van der Waals surface area contributed by atoms with Crippen LogP contribution in [0.4, 0.5) is 0 Å². The van der Waals surface area contributed by atoms with Gasteiger partial charge in [0.2, 0.25) is 0 Å². The van der Waals surface area contributed by atoms with Gasteiger partial charge in [-0.3, -0.25) is 9.69 Å². The highest BCUT2D eigenvalue weighted by Crippen LogP contribution is 2.25. The van der Waals surface area contributed by atoms with Crippen molar-refractivity contribution in [3.8, 4) is 5.75 Å². The van der Waals surface area contributed by atoms with E-state index in [1.165, 1.54) is 0 Å². The zero-order chi connectivity index (χ0) is 10.8. The molecular formula is C11H12BrNO2. The summed E-state index contributed by atoms with van der Waals surface area (Å²) in [6.07, 6.45) is 1.03. The molecule has 0 radical (unpaired) electrons. The molecule has 0 spiro atoms. The summed E-state index contributed by atoms with van der Waals surface area (Å²) in [5.41, 5.74) is 0.604. The second-order valence-corrected chi connectivity index (χ2v) is 4.68. The molecule has 1 fully saturated rings. The Balaban J connectivity index is 2.12. The molecule has 1 aliphatic heterocycles. The number of halogens is 1. The third-order valence-corrected chi connectivity index (χ3v) is 2.92. The topological polar surface area (TPSA) is 29.5 Å². The highest BCUT2D eigenvalue weighted by atomic mass is 79.9. The van der Waals surface area contributed by atoms with Crippen LogP contribution in [0, 0.1) is 0 Å². The summed E-state index contributed by atoms with van der Waals surface area (Å²) >= 11 is 3.36. The van der Waals surface area contributed by atoms with E-state index in [9.17, 15) is 4.79 Å². The number of likely N-dealkylation sites (N-methyl/N-ethyl adjacent to an activating group) is 1. The maximum atomic E-state index is 10.8. The predicted octanol–water partition coefficient (Wildman–Crippen LogP) is 1.95. The van der Waals surface area contributed by atoms with Crippen molar-refractivity contribution in [3.63, 3.8) is 0 Å². The van der Waals surface area contributed by atoms with Crippen molar-refractivity contribution in [2.45, 2.75) is 6.10 Å². The monoisotopic (exact) mass is 269 g/mol. The molecule has 2 rings (SSSR count). The maximum absolute atomic E-state index is 10.8. The van der Waals surface area contributed by atoms with E-state index in [1.807, 2.05) is 19.2 Å². The van der Waals surface area contributed by atoms with E-state index < -0.39 is 0 Å². The summed E-state index contributed by atoms with van der Waals surface area (Å²) in [6.45, 7) is 1.84. The van der Waals surface area contributed by atoms with Crippen LogP contribution in [0.2, 0.25) is 0 Å². The third kappa shape index (κ3) is 2.38. The van der Waals surface area contributed by atoms with E-state index in [4.69, 9.17) is 4.74 Å². The summed E-state index contributed by atoms with van der Waals surface area (Å²) in [7, 11) is 2.04. The van der Waals surface area contributed by atoms with Crippen LogP contribution in [0.5, 0.6) is 5.75 Å². The molecule has 4 heteroatoms. The Hall–Kier alpha value is -0.870. The van der Waals surface area contributed by atoms with Crippen LogP contribution in [0.25, 0.3) is 0 Å². The molecule has 0 aromatic heterocycles. The van der Waals surface area contributed by atoms with E-state index in [2.05, 4.69) is 20.8 Å². The Kier molecular flexibility index (Phi) is 3.07. The van der Waals surface area contributed by atoms with E-state index in [1.54, 1.807) is 6.07 Å². The van der Waals surface area contributed by atoms with Gasteiger partial charge in [-0.25, -0.2) is 0 Å². The lowest BCUT2D eigenvalue weighted by Crippen LogP contribution is -2.51. The molecule has 1 saturated heterocycles. The molecule has 1 aromatic carbocycles. The van der Waals surface area contributed by atoms with Crippen LogP contribution >= 0.6 is 15.9 Å². The standard InChI is InChI=1S/C11H12BrNO2/c1-13-5-10(6-13)15-11-4-9(12)3-2-8(11)7-14/h2-4,7,10H,5-6H2,1H3. The van der Waals surface area contributed by atoms with Gasteiger partial charge in [0.05, 0.1) is 5.56 Å². The largest absolute Gasteiger partial charge is 0.487 e. The van der Waals surface area contributed by atoms with Crippen molar-refractivity contribution in [3.05, 3.63) is 28.2 Å². The van der Waals surface area contributed by atoms with E-state index >= 15 is 0 Å². The van der Waals surface area contributed by atoms with Gasteiger partial charge in [-0.1, -0.05) is 15.9 Å². The number of likely N-dealkylation sites (tertiary alicyclic amines) is 1. The van der Waals surface area contributed by atoms with Gasteiger partial charge < -0.3 is 4.74 Å². The third-order valence-electron chi connectivity index (χ3n) is 2.43. The van der Waals surface area contributed by atoms with Crippen LogP contribution < -0.4 is 4.74 Å². The number of carbonyl (C=O) groups excluding carboxylic acids is 1. The van der Waals surface area contributed by atoms with E-state index in [0.717, 1.165) is 23.8 Å². The lowest BCUT2D eigenvalue weighted by atomic mass is 10.1. The van der Waals surface area contributed by atoms with Crippen LogP contribution in [-0.2, 0) is 0 Å². The molecule has 80 valence electrons. The van der Waals surface area contributed by atoms with Gasteiger partial charge in [-0.15, -0.1) is 0 Å². The van der Waals surface area contributed by atoms with Gasteiger partial charge in [0.15, 0.2) is 6.29 Å². The zero-order valence-corrected chi connectivity index (χ0v) is 10.0. The van der Waals surface area contributed by atoms with Crippen molar-refractivity contribution in [1.82, 2.24) is 4.90 Å². The van der Waals surface area contributed by atoms with Gasteiger partial charge in [0, 0.05) is 17.6 Å². The fourth-order valence-corrected chi connectivity index (χ4v) is 1.94. The number of aldehydes is 1. The summed E-state index contributed by atoms with van der Waals surface area (Å²) in [5.74, 6) is 0.664. The average Bonchev–Trinajstić information content (AvgIpc) is 2.16. The van der Waals surface area contributed by atoms with Gasteiger partial charge in [0.25, 0.3) is 0 Å².